The number of carbonyl (C=O) groups is 1. The highest BCUT2D eigenvalue weighted by atomic mass is 79.9. The number of rotatable bonds is 4. The molecule has 0 heterocycles. The van der Waals surface area contributed by atoms with E-state index in [1.165, 1.54) is 0 Å². The summed E-state index contributed by atoms with van der Waals surface area (Å²) in [6.07, 6.45) is 1.55. The molecule has 94 valence electrons. The minimum absolute atomic E-state index is 0.148. The number of hydrogen-bond donors (Lipinski definition) is 2. The number of nitrogens with two attached hydrogens (primary N) is 1. The smallest absolute Gasteiger partial charge is 0.244 e. The Bertz CT molecular complexity index is 416. The first kappa shape index (κ1) is 14.2. The molecule has 1 aromatic carbocycles. The first-order chi connectivity index (χ1) is 7.88. The second-order valence-corrected chi connectivity index (χ2v) is 5.35. The Kier molecular flexibility index (Phi) is 4.71. The number of hydrogen-bond acceptors (Lipinski definition) is 2. The third-order valence-electron chi connectivity index (χ3n) is 2.73. The van der Waals surface area contributed by atoms with Crippen LogP contribution in [0.3, 0.4) is 0 Å². The van der Waals surface area contributed by atoms with Gasteiger partial charge >= 0.3 is 0 Å². The van der Waals surface area contributed by atoms with Crippen LogP contribution in [0.15, 0.2) is 22.7 Å². The molecule has 0 radical (unpaired) electrons. The summed E-state index contributed by atoms with van der Waals surface area (Å²) in [5, 5.41) is 2.87. The normalized spacial score (nSPS) is 14.2. The molecule has 3 nitrogen and oxygen atoms in total. The van der Waals surface area contributed by atoms with Crippen LogP contribution in [0.4, 0.5) is 5.69 Å². The summed E-state index contributed by atoms with van der Waals surface area (Å²) >= 11 is 3.46. The predicted molar refractivity (Wildman–Crippen MR) is 75.0 cm³/mol. The standard InChI is InChI=1S/C13H19BrN2O/c1-4-8-13(3,15)12(17)16-10-7-5-6-9(2)11(10)14/h5-7H,4,8,15H2,1-3H3,(H,16,17). The molecule has 0 saturated heterocycles. The molecule has 4 heteroatoms. The predicted octanol–water partition coefficient (Wildman–Crippen LogP) is 3.21. The molecule has 0 saturated carbocycles. The first-order valence-electron chi connectivity index (χ1n) is 5.74. The quantitative estimate of drug-likeness (QED) is 0.897. The van der Waals surface area contributed by atoms with Crippen LogP contribution < -0.4 is 11.1 Å². The van der Waals surface area contributed by atoms with Crippen molar-refractivity contribution >= 4 is 27.5 Å². The zero-order valence-corrected chi connectivity index (χ0v) is 12.1. The molecule has 0 aliphatic carbocycles. The molecule has 1 amide bonds. The van der Waals surface area contributed by atoms with E-state index in [0.29, 0.717) is 6.42 Å². The van der Waals surface area contributed by atoms with Gasteiger partial charge in [0.2, 0.25) is 5.91 Å². The summed E-state index contributed by atoms with van der Waals surface area (Å²) in [5.74, 6) is -0.148. The SMILES string of the molecule is CCCC(C)(N)C(=O)Nc1cccc(C)c1Br. The zero-order chi connectivity index (χ0) is 13.1. The molecule has 0 aromatic heterocycles. The number of anilines is 1. The molecule has 0 spiro atoms. The van der Waals surface area contributed by atoms with Crippen LogP contribution in [-0.2, 0) is 4.79 Å². The molecule has 1 atom stereocenters. The lowest BCUT2D eigenvalue weighted by Gasteiger charge is -2.23. The number of carbonyl (C=O) groups excluding carboxylic acids is 1. The van der Waals surface area contributed by atoms with Crippen molar-refractivity contribution in [3.05, 3.63) is 28.2 Å². The van der Waals surface area contributed by atoms with Gasteiger partial charge < -0.3 is 11.1 Å². The summed E-state index contributed by atoms with van der Waals surface area (Å²) in [5.41, 5.74) is 7.00. The van der Waals surface area contributed by atoms with Crippen LogP contribution in [0, 0.1) is 6.92 Å². The maximum atomic E-state index is 12.0. The fourth-order valence-electron chi connectivity index (χ4n) is 1.64. The van der Waals surface area contributed by atoms with Gasteiger partial charge in [0.25, 0.3) is 0 Å². The first-order valence-corrected chi connectivity index (χ1v) is 6.53. The van der Waals surface area contributed by atoms with E-state index in [2.05, 4.69) is 21.2 Å². The minimum Gasteiger partial charge on any atom is -0.323 e. The molecular formula is C13H19BrN2O. The molecular weight excluding hydrogens is 280 g/mol. The van der Waals surface area contributed by atoms with Gasteiger partial charge in [-0.3, -0.25) is 4.79 Å². The lowest BCUT2D eigenvalue weighted by atomic mass is 9.96. The maximum absolute atomic E-state index is 12.0. The van der Waals surface area contributed by atoms with E-state index in [1.807, 2.05) is 32.0 Å². The highest BCUT2D eigenvalue weighted by molar-refractivity contribution is 9.10. The Labute approximate surface area is 111 Å². The van der Waals surface area contributed by atoms with E-state index in [1.54, 1.807) is 6.92 Å². The Morgan fingerprint density at radius 1 is 1.53 bits per heavy atom. The number of amides is 1. The van der Waals surface area contributed by atoms with Crippen LogP contribution in [0.5, 0.6) is 0 Å². The molecule has 17 heavy (non-hydrogen) atoms. The summed E-state index contributed by atoms with van der Waals surface area (Å²) in [6, 6.07) is 5.74. The molecule has 0 aliphatic heterocycles. The monoisotopic (exact) mass is 298 g/mol. The summed E-state index contributed by atoms with van der Waals surface area (Å²) in [4.78, 5) is 12.0. The molecule has 1 rings (SSSR count). The second-order valence-electron chi connectivity index (χ2n) is 4.56. The molecule has 0 fully saturated rings. The zero-order valence-electron chi connectivity index (χ0n) is 10.5. The summed E-state index contributed by atoms with van der Waals surface area (Å²) < 4.78 is 0.903. The summed E-state index contributed by atoms with van der Waals surface area (Å²) in [6.45, 7) is 5.75. The Hall–Kier alpha value is -0.870. The van der Waals surface area contributed by atoms with Crippen molar-refractivity contribution in [3.63, 3.8) is 0 Å². The fourth-order valence-corrected chi connectivity index (χ4v) is 2.01. The van der Waals surface area contributed by atoms with Crippen molar-refractivity contribution in [1.29, 1.82) is 0 Å². The van der Waals surface area contributed by atoms with Crippen LogP contribution in [-0.4, -0.2) is 11.4 Å². The van der Waals surface area contributed by atoms with Crippen LogP contribution in [0.2, 0.25) is 0 Å². The van der Waals surface area contributed by atoms with E-state index in [-0.39, 0.29) is 5.91 Å². The number of nitrogens with one attached hydrogen (secondary N) is 1. The second kappa shape index (κ2) is 5.65. The minimum atomic E-state index is -0.821. The van der Waals surface area contributed by atoms with Gasteiger partial charge in [-0.25, -0.2) is 0 Å². The molecule has 0 bridgehead atoms. The topological polar surface area (TPSA) is 55.1 Å². The van der Waals surface area contributed by atoms with Crippen molar-refractivity contribution in [2.75, 3.05) is 5.32 Å². The number of halogens is 1. The maximum Gasteiger partial charge on any atom is 0.244 e. The van der Waals surface area contributed by atoms with Crippen molar-refractivity contribution in [2.45, 2.75) is 39.2 Å². The van der Waals surface area contributed by atoms with Crippen molar-refractivity contribution in [3.8, 4) is 0 Å². The van der Waals surface area contributed by atoms with Gasteiger partial charge in [0, 0.05) is 4.47 Å². The number of aryl methyl sites for hydroxylation is 1. The largest absolute Gasteiger partial charge is 0.323 e. The third-order valence-corrected chi connectivity index (χ3v) is 3.78. The molecule has 3 N–H and O–H groups in total. The lowest BCUT2D eigenvalue weighted by Crippen LogP contribution is -2.48. The average molecular weight is 299 g/mol. The van der Waals surface area contributed by atoms with Gasteiger partial charge in [0.1, 0.15) is 0 Å². The van der Waals surface area contributed by atoms with E-state index in [9.17, 15) is 4.79 Å². The van der Waals surface area contributed by atoms with E-state index in [0.717, 1.165) is 22.1 Å². The summed E-state index contributed by atoms with van der Waals surface area (Å²) in [7, 11) is 0. The Morgan fingerprint density at radius 3 is 2.76 bits per heavy atom. The highest BCUT2D eigenvalue weighted by Gasteiger charge is 2.27. The van der Waals surface area contributed by atoms with Crippen LogP contribution in [0.1, 0.15) is 32.3 Å². The van der Waals surface area contributed by atoms with Gasteiger partial charge in [-0.1, -0.05) is 25.5 Å². The highest BCUT2D eigenvalue weighted by Crippen LogP contribution is 2.26. The van der Waals surface area contributed by atoms with Crippen molar-refractivity contribution in [2.24, 2.45) is 5.73 Å². The van der Waals surface area contributed by atoms with E-state index >= 15 is 0 Å². The number of benzene rings is 1. The Balaban J connectivity index is 2.85. The Morgan fingerprint density at radius 2 is 2.18 bits per heavy atom. The van der Waals surface area contributed by atoms with Gasteiger partial charge in [-0.05, 0) is 47.8 Å². The molecule has 1 aromatic rings. The fraction of sp³-hybridized carbons (Fsp3) is 0.462. The molecule has 0 aliphatic rings. The van der Waals surface area contributed by atoms with Gasteiger partial charge in [-0.2, -0.15) is 0 Å². The van der Waals surface area contributed by atoms with Gasteiger partial charge in [-0.15, -0.1) is 0 Å². The third kappa shape index (κ3) is 3.54. The van der Waals surface area contributed by atoms with E-state index in [4.69, 9.17) is 5.73 Å². The van der Waals surface area contributed by atoms with Crippen molar-refractivity contribution < 1.29 is 4.79 Å². The van der Waals surface area contributed by atoms with Crippen LogP contribution in [0.25, 0.3) is 0 Å². The van der Waals surface area contributed by atoms with Gasteiger partial charge in [0.15, 0.2) is 0 Å². The molecule has 1 unspecified atom stereocenters. The van der Waals surface area contributed by atoms with Crippen molar-refractivity contribution in [1.82, 2.24) is 0 Å². The van der Waals surface area contributed by atoms with Gasteiger partial charge in [0.05, 0.1) is 11.2 Å². The average Bonchev–Trinajstić information content (AvgIpc) is 2.24. The van der Waals surface area contributed by atoms with Crippen LogP contribution >= 0.6 is 15.9 Å². The van der Waals surface area contributed by atoms with E-state index < -0.39 is 5.54 Å². The lowest BCUT2D eigenvalue weighted by molar-refractivity contribution is -0.120.